The Morgan fingerprint density at radius 2 is 2.23 bits per heavy atom. The summed E-state index contributed by atoms with van der Waals surface area (Å²) in [6.07, 6.45) is 1.85. The first-order valence-corrected chi connectivity index (χ1v) is 5.06. The molecular weight excluding hydrogens is 210 g/mol. The molecule has 0 aromatic heterocycles. The van der Waals surface area contributed by atoms with E-state index < -0.39 is 5.97 Å². The normalized spacial score (nSPS) is 9.69. The number of aromatic carboxylic acids is 1. The zero-order chi connectivity index (χ0) is 9.84. The van der Waals surface area contributed by atoms with Crippen molar-refractivity contribution in [2.45, 2.75) is 0 Å². The number of anilines is 1. The van der Waals surface area contributed by atoms with Crippen molar-refractivity contribution in [3.63, 3.8) is 0 Å². The molecule has 0 aliphatic heterocycles. The molecule has 0 atom stereocenters. The smallest absolute Gasteiger partial charge is 0.335 e. The Bertz CT molecular complexity index is 330. The average molecular weight is 218 g/mol. The van der Waals surface area contributed by atoms with Gasteiger partial charge in [0.1, 0.15) is 0 Å². The van der Waals surface area contributed by atoms with Gasteiger partial charge in [-0.3, -0.25) is 0 Å². The first kappa shape index (κ1) is 10.2. The molecule has 1 aromatic carbocycles. The standard InChI is InChI=1S/C8H8ClNO2S/c1-13-10-7-3-5(8(11)12)2-6(9)4-7/h2-4,10H,1H3,(H,11,12). The van der Waals surface area contributed by atoms with Crippen molar-refractivity contribution in [1.29, 1.82) is 0 Å². The number of carboxylic acids is 1. The molecule has 0 bridgehead atoms. The fourth-order valence-corrected chi connectivity index (χ4v) is 1.48. The van der Waals surface area contributed by atoms with Gasteiger partial charge in [0.15, 0.2) is 0 Å². The maximum absolute atomic E-state index is 10.6. The summed E-state index contributed by atoms with van der Waals surface area (Å²) in [7, 11) is 0. The van der Waals surface area contributed by atoms with E-state index in [-0.39, 0.29) is 5.56 Å². The van der Waals surface area contributed by atoms with Crippen LogP contribution in [0.25, 0.3) is 0 Å². The molecule has 2 N–H and O–H groups in total. The fraction of sp³-hybridized carbons (Fsp3) is 0.125. The molecule has 0 aliphatic rings. The van der Waals surface area contributed by atoms with Crippen LogP contribution >= 0.6 is 23.5 Å². The number of benzene rings is 1. The van der Waals surface area contributed by atoms with Crippen molar-refractivity contribution in [1.82, 2.24) is 0 Å². The van der Waals surface area contributed by atoms with E-state index in [1.807, 2.05) is 6.26 Å². The molecule has 1 aromatic rings. The molecule has 0 unspecified atom stereocenters. The summed E-state index contributed by atoms with van der Waals surface area (Å²) in [5.74, 6) is -0.980. The molecule has 0 fully saturated rings. The lowest BCUT2D eigenvalue weighted by atomic mass is 10.2. The van der Waals surface area contributed by atoms with Gasteiger partial charge in [-0.15, -0.1) is 0 Å². The van der Waals surface area contributed by atoms with Gasteiger partial charge in [-0.2, -0.15) is 0 Å². The lowest BCUT2D eigenvalue weighted by Crippen LogP contribution is -1.97. The Hall–Kier alpha value is -0.870. The van der Waals surface area contributed by atoms with Crippen LogP contribution in [0.15, 0.2) is 18.2 Å². The molecule has 13 heavy (non-hydrogen) atoms. The summed E-state index contributed by atoms with van der Waals surface area (Å²) in [5, 5.41) is 9.12. The predicted octanol–water partition coefficient (Wildman–Crippen LogP) is 2.73. The maximum Gasteiger partial charge on any atom is 0.335 e. The summed E-state index contributed by atoms with van der Waals surface area (Å²) in [4.78, 5) is 10.6. The number of hydrogen-bond acceptors (Lipinski definition) is 3. The van der Waals surface area contributed by atoms with Crippen LogP contribution in [0.1, 0.15) is 10.4 Å². The highest BCUT2D eigenvalue weighted by Gasteiger charge is 2.05. The Balaban J connectivity index is 3.03. The lowest BCUT2D eigenvalue weighted by Gasteiger charge is -2.03. The first-order chi connectivity index (χ1) is 6.13. The molecule has 0 saturated carbocycles. The summed E-state index contributed by atoms with van der Waals surface area (Å²) in [6.45, 7) is 0. The van der Waals surface area contributed by atoms with Crippen LogP contribution in [0.5, 0.6) is 0 Å². The van der Waals surface area contributed by atoms with Crippen molar-refractivity contribution in [2.75, 3.05) is 11.0 Å². The summed E-state index contributed by atoms with van der Waals surface area (Å²) in [6, 6.07) is 4.62. The van der Waals surface area contributed by atoms with E-state index in [1.165, 1.54) is 24.1 Å². The first-order valence-electron chi connectivity index (χ1n) is 3.46. The molecule has 0 aliphatic carbocycles. The van der Waals surface area contributed by atoms with Gasteiger partial charge in [0.25, 0.3) is 0 Å². The van der Waals surface area contributed by atoms with Gasteiger partial charge < -0.3 is 9.83 Å². The number of hydrogen-bond donors (Lipinski definition) is 2. The number of rotatable bonds is 3. The Morgan fingerprint density at radius 3 is 2.77 bits per heavy atom. The largest absolute Gasteiger partial charge is 0.478 e. The van der Waals surface area contributed by atoms with Crippen LogP contribution < -0.4 is 4.72 Å². The monoisotopic (exact) mass is 217 g/mol. The van der Waals surface area contributed by atoms with E-state index in [0.717, 1.165) is 0 Å². The maximum atomic E-state index is 10.6. The lowest BCUT2D eigenvalue weighted by molar-refractivity contribution is 0.0697. The number of nitrogens with one attached hydrogen (secondary N) is 1. The summed E-state index contributed by atoms with van der Waals surface area (Å²) >= 11 is 7.10. The third-order valence-electron chi connectivity index (χ3n) is 1.36. The quantitative estimate of drug-likeness (QED) is 0.765. The Morgan fingerprint density at radius 1 is 1.54 bits per heavy atom. The number of carbonyl (C=O) groups is 1. The molecule has 0 amide bonds. The van der Waals surface area contributed by atoms with Crippen LogP contribution in [0.2, 0.25) is 5.02 Å². The fourth-order valence-electron chi connectivity index (χ4n) is 0.890. The van der Waals surface area contributed by atoms with Crippen LogP contribution in [0.4, 0.5) is 5.69 Å². The van der Waals surface area contributed by atoms with Crippen molar-refractivity contribution in [3.8, 4) is 0 Å². The zero-order valence-electron chi connectivity index (χ0n) is 6.87. The highest BCUT2D eigenvalue weighted by atomic mass is 35.5. The molecule has 5 heteroatoms. The van der Waals surface area contributed by atoms with Crippen LogP contribution in [-0.4, -0.2) is 17.3 Å². The van der Waals surface area contributed by atoms with E-state index in [1.54, 1.807) is 6.07 Å². The second-order valence-corrected chi connectivity index (χ2v) is 3.39. The van der Waals surface area contributed by atoms with Gasteiger partial charge >= 0.3 is 5.97 Å². The zero-order valence-corrected chi connectivity index (χ0v) is 8.45. The second kappa shape index (κ2) is 4.39. The van der Waals surface area contributed by atoms with Gasteiger partial charge in [-0.1, -0.05) is 23.5 Å². The average Bonchev–Trinajstić information content (AvgIpc) is 2.03. The molecule has 0 radical (unpaired) electrons. The molecule has 0 saturated heterocycles. The molecule has 0 spiro atoms. The van der Waals surface area contributed by atoms with Gasteiger partial charge in [-0.25, -0.2) is 4.79 Å². The highest BCUT2D eigenvalue weighted by molar-refractivity contribution is 7.99. The molecule has 1 rings (SSSR count). The minimum atomic E-state index is -0.980. The van der Waals surface area contributed by atoms with Gasteiger partial charge in [0, 0.05) is 17.0 Å². The summed E-state index contributed by atoms with van der Waals surface area (Å²) in [5.41, 5.74) is 0.876. The molecule has 70 valence electrons. The third-order valence-corrected chi connectivity index (χ3v) is 2.02. The van der Waals surface area contributed by atoms with E-state index in [9.17, 15) is 4.79 Å². The third kappa shape index (κ3) is 2.82. The van der Waals surface area contributed by atoms with E-state index in [4.69, 9.17) is 16.7 Å². The van der Waals surface area contributed by atoms with E-state index in [0.29, 0.717) is 10.7 Å². The van der Waals surface area contributed by atoms with Gasteiger partial charge in [0.05, 0.1) is 5.56 Å². The SMILES string of the molecule is CSNc1cc(Cl)cc(C(=O)O)c1. The predicted molar refractivity (Wildman–Crippen MR) is 55.5 cm³/mol. The van der Waals surface area contributed by atoms with Crippen LogP contribution in [-0.2, 0) is 0 Å². The minimum Gasteiger partial charge on any atom is -0.478 e. The van der Waals surface area contributed by atoms with Crippen molar-refractivity contribution in [2.24, 2.45) is 0 Å². The number of halogens is 1. The van der Waals surface area contributed by atoms with Crippen LogP contribution in [0.3, 0.4) is 0 Å². The van der Waals surface area contributed by atoms with Gasteiger partial charge in [0.2, 0.25) is 0 Å². The van der Waals surface area contributed by atoms with Crippen molar-refractivity contribution >= 4 is 35.2 Å². The molecule has 0 heterocycles. The van der Waals surface area contributed by atoms with E-state index in [2.05, 4.69) is 4.72 Å². The van der Waals surface area contributed by atoms with E-state index >= 15 is 0 Å². The molecular formula is C8H8ClNO2S. The Kier molecular flexibility index (Phi) is 3.45. The number of carboxylic acid groups (broad SMARTS) is 1. The van der Waals surface area contributed by atoms with Crippen LogP contribution in [0, 0.1) is 0 Å². The topological polar surface area (TPSA) is 49.3 Å². The van der Waals surface area contributed by atoms with Crippen molar-refractivity contribution < 1.29 is 9.90 Å². The second-order valence-electron chi connectivity index (χ2n) is 2.34. The highest BCUT2D eigenvalue weighted by Crippen LogP contribution is 2.20. The Labute approximate surface area is 85.2 Å². The molecule has 3 nitrogen and oxygen atoms in total. The minimum absolute atomic E-state index is 0.184. The van der Waals surface area contributed by atoms with Gasteiger partial charge in [-0.05, 0) is 18.2 Å². The van der Waals surface area contributed by atoms with Crippen molar-refractivity contribution in [3.05, 3.63) is 28.8 Å². The summed E-state index contributed by atoms with van der Waals surface area (Å²) < 4.78 is 2.91.